The second-order valence-corrected chi connectivity index (χ2v) is 0.0833. The van der Waals surface area contributed by atoms with E-state index in [-0.39, 0.29) is 46.2 Å². The average Bonchev–Trinajstić information content (AvgIpc) is 0.918. The molecule has 0 aromatic heterocycles. The van der Waals surface area contributed by atoms with Gasteiger partial charge in [0.1, 0.15) is 0 Å². The monoisotopic (exact) mass is 189 g/mol. The van der Waals surface area contributed by atoms with Gasteiger partial charge in [0, 0.05) is 46.2 Å². The van der Waals surface area contributed by atoms with Crippen LogP contribution in [0.25, 0.3) is 0 Å². The second kappa shape index (κ2) is 9.26. The van der Waals surface area contributed by atoms with Crippen LogP contribution in [-0.4, -0.2) is 0 Å². The van der Waals surface area contributed by atoms with Gasteiger partial charge in [0.15, 0.2) is 0 Å². The molecule has 0 radical (unpaired) electrons. The van der Waals surface area contributed by atoms with Crippen molar-refractivity contribution in [3.05, 3.63) is 10.1 Å². The van der Waals surface area contributed by atoms with Gasteiger partial charge < -0.3 is 0 Å². The zero-order chi connectivity index (χ0) is 2.71. The van der Waals surface area contributed by atoms with Crippen LogP contribution in [-0.2, 0) is 0 Å². The van der Waals surface area contributed by atoms with Gasteiger partial charge in [-0.2, -0.15) is 0 Å². The molecule has 4 heavy (non-hydrogen) atoms. The van der Waals surface area contributed by atoms with Crippen molar-refractivity contribution in [3.8, 4) is 0 Å². The molecule has 0 atom stereocenters. The van der Waals surface area contributed by atoms with E-state index in [1.807, 2.05) is 0 Å². The Morgan fingerprint density at radius 3 is 1.75 bits per heavy atom. The van der Waals surface area contributed by atoms with Crippen molar-refractivity contribution < 1.29 is 46.2 Å². The summed E-state index contributed by atoms with van der Waals surface area (Å²) in [5.74, 6) is 0. The smallest absolute Gasteiger partial charge is 0.00366 e. The maximum atomic E-state index is 8.12. The van der Waals surface area contributed by atoms with Crippen LogP contribution < -0.4 is 5.34 Å². The molecule has 0 rings (SSSR count). The van der Waals surface area contributed by atoms with Gasteiger partial charge in [-0.15, -0.1) is 0 Å². The fourth-order valence-corrected chi connectivity index (χ4v) is 0. The fraction of sp³-hybridized carbons (Fsp3) is 0. The van der Waals surface area contributed by atoms with Gasteiger partial charge in [-0.05, 0) is 0 Å². The molecule has 0 aliphatic rings. The minimum atomic E-state index is 0. The molecule has 0 saturated heterocycles. The van der Waals surface area contributed by atoms with Crippen LogP contribution in [0.2, 0.25) is 0 Å². The van der Waals surface area contributed by atoms with Gasteiger partial charge in [0.2, 0.25) is 0 Å². The Morgan fingerprint density at radius 2 is 1.75 bits per heavy atom. The zero-order valence-electron chi connectivity index (χ0n) is 1.82. The molecular weight excluding hydrogens is 190 g/mol. The molecule has 1 N–H and O–H groups in total. The van der Waals surface area contributed by atoms with Gasteiger partial charge in [0.25, 0.3) is 0 Å². The van der Waals surface area contributed by atoms with E-state index >= 15 is 0 Å². The van der Waals surface area contributed by atoms with Crippen LogP contribution in [0.1, 0.15) is 0 Å². The molecule has 0 fully saturated rings. The van der Waals surface area contributed by atoms with Gasteiger partial charge in [-0.3, -0.25) is 10.1 Å². The summed E-state index contributed by atoms with van der Waals surface area (Å²) in [5, 5.41) is 8.38. The predicted octanol–water partition coefficient (Wildman–Crippen LogP) is -1.67. The van der Waals surface area contributed by atoms with E-state index < -0.39 is 0 Å². The maximum absolute atomic E-state index is 8.12. The molecule has 0 spiro atoms. The summed E-state index contributed by atoms with van der Waals surface area (Å²) in [6.45, 7) is 0. The Hall–Kier alpha value is 0.751. The number of hydrogen-bond acceptors (Lipinski definition) is 2. The molecule has 0 saturated carbocycles. The normalized spacial score (nSPS) is 3.00. The first-order valence-electron chi connectivity index (χ1n) is 0.408. The third-order valence-electron chi connectivity index (χ3n) is 0. The fourth-order valence-electron chi connectivity index (χ4n) is 0. The summed E-state index contributed by atoms with van der Waals surface area (Å²) in [5.41, 5.74) is 0. The molecule has 3 nitrogen and oxygen atoms in total. The largest absolute Gasteiger partial charge is 0.267 e. The third kappa shape index (κ3) is 15.0. The van der Waals surface area contributed by atoms with E-state index in [4.69, 9.17) is 10.1 Å². The van der Waals surface area contributed by atoms with Gasteiger partial charge in [-0.1, -0.05) is 0 Å². The van der Waals surface area contributed by atoms with E-state index in [0.29, 0.717) is 0 Å². The van der Waals surface area contributed by atoms with Crippen molar-refractivity contribution >= 4 is 0 Å². The van der Waals surface area contributed by atoms with Crippen LogP contribution in [0.15, 0.2) is 0 Å². The number of hydrogen-bond donors (Lipinski definition) is 1. The molecule has 0 aliphatic heterocycles. The van der Waals surface area contributed by atoms with Crippen LogP contribution in [0.5, 0.6) is 0 Å². The maximum Gasteiger partial charge on any atom is 0.00366 e. The Bertz CT molecular complexity index is 13.5. The summed E-state index contributed by atoms with van der Waals surface area (Å²) < 4.78 is 0. The molecule has 0 bridgehead atoms. The van der Waals surface area contributed by atoms with Gasteiger partial charge in [0.05, 0.1) is 0 Å². The molecule has 0 amide bonds. The molecule has 0 unspecified atom stereocenters. The minimum absolute atomic E-state index is 0. The Labute approximate surface area is 55.8 Å². The standard InChI is InChI=1S/HNO2.Nd/c2-1-3;/h1H;. The van der Waals surface area contributed by atoms with Crippen molar-refractivity contribution in [1.29, 1.82) is 0 Å². The number of nitrogens with one attached hydrogen (secondary N) is 1. The van der Waals surface area contributed by atoms with E-state index in [2.05, 4.69) is 0 Å². The molecule has 4 heteroatoms. The predicted molar refractivity (Wildman–Crippen MR) is 7.70 cm³/mol. The quantitative estimate of drug-likeness (QED) is 0.368. The van der Waals surface area contributed by atoms with E-state index in [9.17, 15) is 0 Å². The molecule has 22 valence electrons. The Morgan fingerprint density at radius 1 is 1.75 bits per heavy atom. The van der Waals surface area contributed by atoms with Crippen LogP contribution in [0, 0.1) is 51.0 Å². The van der Waals surface area contributed by atoms with E-state index in [0.717, 1.165) is 0 Å². The zero-order valence-corrected chi connectivity index (χ0v) is 5.02. The summed E-state index contributed by atoms with van der Waals surface area (Å²) in [6.07, 6.45) is 0. The summed E-state index contributed by atoms with van der Waals surface area (Å²) >= 11 is 0. The molecular formula is HNNdO2. The second-order valence-electron chi connectivity index (χ2n) is 0.0833. The average molecular weight is 191 g/mol. The van der Waals surface area contributed by atoms with Crippen LogP contribution in [0.3, 0.4) is 0 Å². The Balaban J connectivity index is 0. The van der Waals surface area contributed by atoms with Gasteiger partial charge in [-0.25, -0.2) is 0 Å². The minimum Gasteiger partial charge on any atom is -0.267 e. The first-order chi connectivity index (χ1) is 1.41. The van der Waals surface area contributed by atoms with Crippen molar-refractivity contribution in [2.75, 3.05) is 0 Å². The first kappa shape index (κ1) is 8.83. The summed E-state index contributed by atoms with van der Waals surface area (Å²) in [4.78, 5) is 8.12. The number of rotatable bonds is 0. The Kier molecular flexibility index (Phi) is 20.4. The van der Waals surface area contributed by atoms with E-state index in [1.54, 1.807) is 0 Å². The van der Waals surface area contributed by atoms with Crippen molar-refractivity contribution in [1.82, 2.24) is 0 Å². The van der Waals surface area contributed by atoms with Crippen LogP contribution >= 0.6 is 0 Å². The molecule has 0 aliphatic carbocycles. The molecule has 0 heterocycles. The molecule has 0 aromatic rings. The molecule has 0 aromatic carbocycles. The summed E-state index contributed by atoms with van der Waals surface area (Å²) in [7, 11) is 0. The van der Waals surface area contributed by atoms with Crippen molar-refractivity contribution in [2.45, 2.75) is 0 Å². The van der Waals surface area contributed by atoms with E-state index in [1.165, 1.54) is 0 Å². The van der Waals surface area contributed by atoms with Crippen molar-refractivity contribution in [2.24, 2.45) is 0 Å². The first-order valence-corrected chi connectivity index (χ1v) is 0.408. The van der Waals surface area contributed by atoms with Crippen LogP contribution in [0.4, 0.5) is 0 Å². The third-order valence-corrected chi connectivity index (χ3v) is 0. The van der Waals surface area contributed by atoms with Crippen molar-refractivity contribution in [3.63, 3.8) is 0 Å². The SMILES string of the molecule is O=[NH+][O-].[Nd]. The van der Waals surface area contributed by atoms with Gasteiger partial charge >= 0.3 is 0 Å². The summed E-state index contributed by atoms with van der Waals surface area (Å²) in [6, 6.07) is 0. The topological polar surface area (TPSA) is 54.1 Å².